The molecule has 0 saturated carbocycles. The van der Waals surface area contributed by atoms with E-state index < -0.39 is 0 Å². The van der Waals surface area contributed by atoms with Gasteiger partial charge in [-0.2, -0.15) is 0 Å². The van der Waals surface area contributed by atoms with Gasteiger partial charge in [0, 0.05) is 18.2 Å². The molecule has 0 fully saturated rings. The van der Waals surface area contributed by atoms with Crippen LogP contribution in [0.25, 0.3) is 17.3 Å². The number of rotatable bonds is 3. The van der Waals surface area contributed by atoms with E-state index in [4.69, 9.17) is 5.73 Å². The molecular formula is C16H18N4O. The number of amides is 1. The molecule has 0 radical (unpaired) electrons. The Hall–Kier alpha value is -2.69. The van der Waals surface area contributed by atoms with Crippen LogP contribution < -0.4 is 11.1 Å². The molecule has 5 nitrogen and oxygen atoms in total. The van der Waals surface area contributed by atoms with E-state index in [1.54, 1.807) is 6.20 Å². The van der Waals surface area contributed by atoms with E-state index in [9.17, 15) is 4.79 Å². The van der Waals surface area contributed by atoms with Crippen LogP contribution in [-0.4, -0.2) is 15.9 Å². The largest absolute Gasteiger partial charge is 0.399 e. The quantitative estimate of drug-likeness (QED) is 0.848. The average molecular weight is 282 g/mol. The first-order valence-electron chi connectivity index (χ1n) is 6.61. The number of anilines is 2. The second kappa shape index (κ2) is 6.17. The molecule has 21 heavy (non-hydrogen) atoms. The van der Waals surface area contributed by atoms with Gasteiger partial charge in [-0.05, 0) is 32.1 Å². The van der Waals surface area contributed by atoms with Crippen molar-refractivity contribution < 1.29 is 4.79 Å². The third-order valence-corrected chi connectivity index (χ3v) is 2.73. The second-order valence-electron chi connectivity index (χ2n) is 5.01. The number of benzene rings is 1. The Morgan fingerprint density at radius 3 is 2.43 bits per heavy atom. The molecule has 5 heteroatoms. The molecule has 108 valence electrons. The monoisotopic (exact) mass is 282 g/mol. The van der Waals surface area contributed by atoms with Crippen LogP contribution in [0.2, 0.25) is 0 Å². The molecule has 3 N–H and O–H groups in total. The minimum absolute atomic E-state index is 0.173. The number of nitrogens with two attached hydrogens (primary N) is 1. The van der Waals surface area contributed by atoms with Crippen LogP contribution in [-0.2, 0) is 4.79 Å². The SMILES string of the molecule is CC(=O)Nc1ncc(-c2ccc(N)cc2)nc1C=C(C)C. The molecule has 0 spiro atoms. The van der Waals surface area contributed by atoms with Crippen LogP contribution >= 0.6 is 0 Å². The van der Waals surface area contributed by atoms with E-state index in [2.05, 4.69) is 15.3 Å². The van der Waals surface area contributed by atoms with Crippen LogP contribution in [0.5, 0.6) is 0 Å². The maximum Gasteiger partial charge on any atom is 0.222 e. The Kier molecular flexibility index (Phi) is 4.33. The van der Waals surface area contributed by atoms with Crippen LogP contribution in [0, 0.1) is 0 Å². The third-order valence-electron chi connectivity index (χ3n) is 2.73. The molecule has 1 heterocycles. The van der Waals surface area contributed by atoms with Crippen LogP contribution in [0.1, 0.15) is 26.5 Å². The van der Waals surface area contributed by atoms with Gasteiger partial charge in [0.1, 0.15) is 5.69 Å². The van der Waals surface area contributed by atoms with Crippen molar-refractivity contribution in [2.75, 3.05) is 11.1 Å². The highest BCUT2D eigenvalue weighted by atomic mass is 16.1. The van der Waals surface area contributed by atoms with Gasteiger partial charge in [-0.25, -0.2) is 9.97 Å². The zero-order valence-corrected chi connectivity index (χ0v) is 12.3. The van der Waals surface area contributed by atoms with E-state index in [1.165, 1.54) is 6.92 Å². The molecule has 0 aliphatic rings. The number of allylic oxidation sites excluding steroid dienone is 1. The maximum atomic E-state index is 11.2. The fraction of sp³-hybridized carbons (Fsp3) is 0.188. The van der Waals surface area contributed by atoms with Gasteiger partial charge in [0.15, 0.2) is 5.82 Å². The zero-order chi connectivity index (χ0) is 15.4. The lowest BCUT2D eigenvalue weighted by Gasteiger charge is -2.08. The summed E-state index contributed by atoms with van der Waals surface area (Å²) in [5.74, 6) is 0.288. The van der Waals surface area contributed by atoms with E-state index >= 15 is 0 Å². The first-order valence-corrected chi connectivity index (χ1v) is 6.61. The summed E-state index contributed by atoms with van der Waals surface area (Å²) >= 11 is 0. The van der Waals surface area contributed by atoms with Crippen molar-refractivity contribution in [1.29, 1.82) is 0 Å². The van der Waals surface area contributed by atoms with Gasteiger partial charge in [-0.1, -0.05) is 17.7 Å². The van der Waals surface area contributed by atoms with Crippen molar-refractivity contribution in [2.24, 2.45) is 0 Å². The molecule has 2 aromatic rings. The number of nitrogen functional groups attached to an aromatic ring is 1. The number of nitrogens with zero attached hydrogens (tertiary/aromatic N) is 2. The summed E-state index contributed by atoms with van der Waals surface area (Å²) < 4.78 is 0. The predicted octanol–water partition coefficient (Wildman–Crippen LogP) is 3.11. The maximum absolute atomic E-state index is 11.2. The fourth-order valence-electron chi connectivity index (χ4n) is 1.83. The molecule has 1 aromatic heterocycles. The topological polar surface area (TPSA) is 80.9 Å². The Bertz CT molecular complexity index is 686. The Morgan fingerprint density at radius 2 is 1.86 bits per heavy atom. The average Bonchev–Trinajstić information content (AvgIpc) is 2.40. The van der Waals surface area contributed by atoms with E-state index in [1.807, 2.05) is 44.2 Å². The van der Waals surface area contributed by atoms with E-state index in [-0.39, 0.29) is 5.91 Å². The Labute approximate surface area is 123 Å². The Balaban J connectivity index is 2.48. The van der Waals surface area contributed by atoms with Crippen molar-refractivity contribution in [1.82, 2.24) is 9.97 Å². The van der Waals surface area contributed by atoms with Gasteiger partial charge in [0.25, 0.3) is 0 Å². The molecule has 0 aliphatic carbocycles. The second-order valence-corrected chi connectivity index (χ2v) is 5.01. The van der Waals surface area contributed by atoms with Crippen molar-refractivity contribution in [3.8, 4) is 11.3 Å². The Morgan fingerprint density at radius 1 is 1.19 bits per heavy atom. The molecule has 0 bridgehead atoms. The first-order chi connectivity index (χ1) is 9.95. The molecule has 0 atom stereocenters. The molecule has 0 saturated heterocycles. The van der Waals surface area contributed by atoms with Gasteiger partial charge in [0.05, 0.1) is 11.9 Å². The highest BCUT2D eigenvalue weighted by molar-refractivity contribution is 5.89. The number of hydrogen-bond donors (Lipinski definition) is 2. The lowest BCUT2D eigenvalue weighted by molar-refractivity contribution is -0.114. The third kappa shape index (κ3) is 3.89. The van der Waals surface area contributed by atoms with Gasteiger partial charge in [-0.3, -0.25) is 4.79 Å². The number of hydrogen-bond acceptors (Lipinski definition) is 4. The highest BCUT2D eigenvalue weighted by Crippen LogP contribution is 2.22. The predicted molar refractivity (Wildman–Crippen MR) is 85.5 cm³/mol. The van der Waals surface area contributed by atoms with Gasteiger partial charge < -0.3 is 11.1 Å². The molecule has 1 amide bonds. The van der Waals surface area contributed by atoms with Crippen molar-refractivity contribution in [3.05, 3.63) is 41.7 Å². The number of carbonyl (C=O) groups is 1. The van der Waals surface area contributed by atoms with Crippen molar-refractivity contribution in [2.45, 2.75) is 20.8 Å². The van der Waals surface area contributed by atoms with Gasteiger partial charge in [-0.15, -0.1) is 0 Å². The van der Waals surface area contributed by atoms with E-state index in [0.717, 1.165) is 16.8 Å². The van der Waals surface area contributed by atoms with Gasteiger partial charge >= 0.3 is 0 Å². The lowest BCUT2D eigenvalue weighted by Crippen LogP contribution is -2.10. The minimum Gasteiger partial charge on any atom is -0.399 e. The molecular weight excluding hydrogens is 264 g/mol. The summed E-state index contributed by atoms with van der Waals surface area (Å²) in [6.07, 6.45) is 3.53. The highest BCUT2D eigenvalue weighted by Gasteiger charge is 2.08. The zero-order valence-electron chi connectivity index (χ0n) is 12.3. The summed E-state index contributed by atoms with van der Waals surface area (Å²) in [5, 5.41) is 2.69. The molecule has 1 aromatic carbocycles. The fourth-order valence-corrected chi connectivity index (χ4v) is 1.83. The number of aromatic nitrogens is 2. The summed E-state index contributed by atoms with van der Waals surface area (Å²) in [6, 6.07) is 7.42. The molecule has 2 rings (SSSR count). The van der Waals surface area contributed by atoms with Crippen LogP contribution in [0.3, 0.4) is 0 Å². The molecule has 0 unspecified atom stereocenters. The van der Waals surface area contributed by atoms with E-state index in [0.29, 0.717) is 17.2 Å². The lowest BCUT2D eigenvalue weighted by atomic mass is 10.1. The normalized spacial score (nSPS) is 10.0. The molecule has 0 aliphatic heterocycles. The van der Waals surface area contributed by atoms with Crippen LogP contribution in [0.4, 0.5) is 11.5 Å². The number of carbonyl (C=O) groups excluding carboxylic acids is 1. The van der Waals surface area contributed by atoms with Crippen molar-refractivity contribution >= 4 is 23.5 Å². The van der Waals surface area contributed by atoms with Crippen molar-refractivity contribution in [3.63, 3.8) is 0 Å². The summed E-state index contributed by atoms with van der Waals surface area (Å²) in [5.41, 5.74) is 9.76. The first kappa shape index (κ1) is 14.7. The summed E-state index contributed by atoms with van der Waals surface area (Å²) in [4.78, 5) is 20.1. The standard InChI is InChI=1S/C16H18N4O/c1-10(2)8-14-16(19-11(3)21)18-9-15(20-14)12-4-6-13(17)7-5-12/h4-9H,17H2,1-3H3,(H,18,19,21). The van der Waals surface area contributed by atoms with Gasteiger partial charge in [0.2, 0.25) is 5.91 Å². The minimum atomic E-state index is -0.173. The van der Waals surface area contributed by atoms with Crippen LogP contribution in [0.15, 0.2) is 36.0 Å². The summed E-state index contributed by atoms with van der Waals surface area (Å²) in [6.45, 7) is 5.38. The smallest absolute Gasteiger partial charge is 0.222 e. The number of nitrogens with one attached hydrogen (secondary N) is 1. The summed E-state index contributed by atoms with van der Waals surface area (Å²) in [7, 11) is 0.